The number of carbonyl (C=O) groups excluding carboxylic acids is 3. The van der Waals surface area contributed by atoms with Crippen molar-refractivity contribution in [2.75, 3.05) is 13.1 Å². The van der Waals surface area contributed by atoms with Gasteiger partial charge in [0.25, 0.3) is 0 Å². The quantitative estimate of drug-likeness (QED) is 0.0701. The van der Waals surface area contributed by atoms with Crippen LogP contribution in [0.25, 0.3) is 11.1 Å². The maximum Gasteiger partial charge on any atom is 0.323 e. The van der Waals surface area contributed by atoms with Crippen molar-refractivity contribution < 1.29 is 38.9 Å². The third-order valence-corrected chi connectivity index (χ3v) is 9.19. The molecule has 2 saturated heterocycles. The predicted molar refractivity (Wildman–Crippen MR) is 191 cm³/mol. The number of rotatable bonds is 14. The van der Waals surface area contributed by atoms with Crippen molar-refractivity contribution in [3.05, 3.63) is 95.1 Å². The van der Waals surface area contributed by atoms with Crippen molar-refractivity contribution in [3.8, 4) is 11.1 Å². The summed E-state index contributed by atoms with van der Waals surface area (Å²) < 4.78 is 19.0. The minimum atomic E-state index is -0.653. The first kappa shape index (κ1) is 38.1. The van der Waals surface area contributed by atoms with Crippen LogP contribution in [0.1, 0.15) is 100 Å². The van der Waals surface area contributed by atoms with Crippen molar-refractivity contribution >= 4 is 17.8 Å². The first-order valence-electron chi connectivity index (χ1n) is 17.9. The van der Waals surface area contributed by atoms with E-state index in [1.807, 2.05) is 87.5 Å². The van der Waals surface area contributed by atoms with E-state index < -0.39 is 17.8 Å². The molecule has 4 atom stereocenters. The van der Waals surface area contributed by atoms with Crippen LogP contribution in [0.15, 0.2) is 72.8 Å². The molecular weight excluding hydrogens is 650 g/mol. The molecule has 2 aliphatic heterocycles. The highest BCUT2D eigenvalue weighted by molar-refractivity contribution is 5.77. The first-order chi connectivity index (χ1) is 24.5. The van der Waals surface area contributed by atoms with Crippen molar-refractivity contribution in [3.63, 3.8) is 0 Å². The molecule has 11 nitrogen and oxygen atoms in total. The summed E-state index contributed by atoms with van der Waals surface area (Å²) in [5.74, 6) is -0.750. The van der Waals surface area contributed by atoms with Gasteiger partial charge in [-0.3, -0.25) is 24.5 Å². The highest BCUT2D eigenvalue weighted by Crippen LogP contribution is 2.39. The number of benzene rings is 3. The number of unbranched alkanes of at least 4 members (excludes halogenated alkanes) is 1. The summed E-state index contributed by atoms with van der Waals surface area (Å²) in [5, 5.41) is 21.1. The second kappa shape index (κ2) is 17.9. The fourth-order valence-corrected chi connectivity index (χ4v) is 6.62. The van der Waals surface area contributed by atoms with Gasteiger partial charge in [-0.25, -0.2) is 5.48 Å². The normalized spacial score (nSPS) is 20.9. The zero-order chi connectivity index (χ0) is 36.4. The molecule has 0 bridgehead atoms. The van der Waals surface area contributed by atoms with E-state index in [9.17, 15) is 19.5 Å². The van der Waals surface area contributed by atoms with Gasteiger partial charge in [-0.2, -0.15) is 0 Å². The van der Waals surface area contributed by atoms with Crippen LogP contribution in [0.2, 0.25) is 0 Å². The summed E-state index contributed by atoms with van der Waals surface area (Å²) >= 11 is 0. The first-order valence-corrected chi connectivity index (χ1v) is 17.9. The summed E-state index contributed by atoms with van der Waals surface area (Å²) in [6, 6.07) is 23.6. The molecule has 3 aromatic carbocycles. The standard InChI is InChI=1S/C40H51N3O8/c1-40(2,3)51-38(47)34-13-8-20-43(34)25-33-23-35(29-18-16-27(26-44)17-19-29)50-39(49-33)32-12-7-11-31(22-32)30-10-6-9-28(21-30)24-41-36(45)14-4-5-15-37(46)42-48/h6-7,9-12,16-19,21-22,33-35,39,44,48H,4-5,8,13-15,20,23-26H2,1-3H3,(H,41,45)(H,42,46)/t33-,34+,35+,39+/m1/s1. The van der Waals surface area contributed by atoms with E-state index in [2.05, 4.69) is 16.3 Å². The summed E-state index contributed by atoms with van der Waals surface area (Å²) in [7, 11) is 0. The average Bonchev–Trinajstić information content (AvgIpc) is 3.60. The number of aliphatic hydroxyl groups excluding tert-OH is 1. The van der Waals surface area contributed by atoms with Gasteiger partial charge in [-0.1, -0.05) is 60.7 Å². The lowest BCUT2D eigenvalue weighted by molar-refractivity contribution is -0.253. The molecule has 0 unspecified atom stereocenters. The number of hydrogen-bond donors (Lipinski definition) is 4. The number of amides is 2. The molecule has 5 rings (SSSR count). The van der Waals surface area contributed by atoms with Gasteiger partial charge in [0.1, 0.15) is 11.6 Å². The Kier molecular flexibility index (Phi) is 13.4. The third-order valence-electron chi connectivity index (χ3n) is 9.19. The van der Waals surface area contributed by atoms with Gasteiger partial charge in [0.2, 0.25) is 11.8 Å². The van der Waals surface area contributed by atoms with Crippen LogP contribution >= 0.6 is 0 Å². The Morgan fingerprint density at radius 2 is 1.59 bits per heavy atom. The fraction of sp³-hybridized carbons (Fsp3) is 0.475. The third kappa shape index (κ3) is 11.2. The van der Waals surface area contributed by atoms with Crippen LogP contribution in [-0.2, 0) is 41.7 Å². The lowest BCUT2D eigenvalue weighted by atomic mass is 9.98. The molecular formula is C40H51N3O8. The Hall–Kier alpha value is -4.13. The molecule has 0 aliphatic carbocycles. The molecule has 274 valence electrons. The summed E-state index contributed by atoms with van der Waals surface area (Å²) in [4.78, 5) is 38.8. The van der Waals surface area contributed by atoms with E-state index in [4.69, 9.17) is 19.4 Å². The largest absolute Gasteiger partial charge is 0.459 e. The molecule has 0 saturated carbocycles. The maximum atomic E-state index is 13.1. The Morgan fingerprint density at radius 3 is 2.29 bits per heavy atom. The monoisotopic (exact) mass is 701 g/mol. The molecule has 2 aliphatic rings. The van der Waals surface area contributed by atoms with Gasteiger partial charge in [-0.05, 0) is 92.9 Å². The molecule has 4 N–H and O–H groups in total. The lowest BCUT2D eigenvalue weighted by Gasteiger charge is -2.38. The molecule has 0 radical (unpaired) electrons. The van der Waals surface area contributed by atoms with Crippen molar-refractivity contribution in [2.45, 2.75) is 109 Å². The Labute approximate surface area is 300 Å². The smallest absolute Gasteiger partial charge is 0.323 e. The Bertz CT molecular complexity index is 1620. The number of carbonyl (C=O) groups is 3. The highest BCUT2D eigenvalue weighted by atomic mass is 16.7. The Morgan fingerprint density at radius 1 is 0.882 bits per heavy atom. The molecule has 0 spiro atoms. The van der Waals surface area contributed by atoms with E-state index in [1.165, 1.54) is 0 Å². The SMILES string of the molecule is CC(C)(C)OC(=O)[C@@H]1CCCN1C[C@H]1C[C@@H](c2ccc(CO)cc2)O[C@@H](c2cccc(-c3cccc(CNC(=O)CCCCC(=O)NO)c3)c2)O1. The van der Waals surface area contributed by atoms with Crippen LogP contribution in [0.5, 0.6) is 0 Å². The van der Waals surface area contributed by atoms with Gasteiger partial charge in [0.15, 0.2) is 6.29 Å². The molecule has 2 amide bonds. The van der Waals surface area contributed by atoms with Crippen molar-refractivity contribution in [1.82, 2.24) is 15.7 Å². The highest BCUT2D eigenvalue weighted by Gasteiger charge is 2.39. The second-order valence-electron chi connectivity index (χ2n) is 14.4. The molecule has 0 aromatic heterocycles. The average molecular weight is 702 g/mol. The number of hydroxylamine groups is 1. The van der Waals surface area contributed by atoms with Crippen LogP contribution in [-0.4, -0.2) is 63.8 Å². The van der Waals surface area contributed by atoms with Crippen LogP contribution in [0, 0.1) is 0 Å². The molecule has 51 heavy (non-hydrogen) atoms. The van der Waals surface area contributed by atoms with E-state index in [-0.39, 0.29) is 43.2 Å². The van der Waals surface area contributed by atoms with E-state index in [0.717, 1.165) is 52.8 Å². The van der Waals surface area contributed by atoms with Crippen molar-refractivity contribution in [2.24, 2.45) is 0 Å². The molecule has 11 heteroatoms. The lowest BCUT2D eigenvalue weighted by Crippen LogP contribution is -2.45. The minimum Gasteiger partial charge on any atom is -0.459 e. The number of nitrogens with zero attached hydrogens (tertiary/aromatic N) is 1. The van der Waals surface area contributed by atoms with Crippen LogP contribution < -0.4 is 10.8 Å². The van der Waals surface area contributed by atoms with Crippen LogP contribution in [0.3, 0.4) is 0 Å². The van der Waals surface area contributed by atoms with Gasteiger partial charge in [0, 0.05) is 37.9 Å². The topological polar surface area (TPSA) is 147 Å². The van der Waals surface area contributed by atoms with Crippen LogP contribution in [0.4, 0.5) is 0 Å². The number of likely N-dealkylation sites (tertiary alicyclic amines) is 1. The van der Waals surface area contributed by atoms with E-state index in [1.54, 1.807) is 5.48 Å². The zero-order valence-electron chi connectivity index (χ0n) is 29.8. The van der Waals surface area contributed by atoms with E-state index in [0.29, 0.717) is 38.8 Å². The number of hydrogen-bond acceptors (Lipinski definition) is 9. The summed E-state index contributed by atoms with van der Waals surface area (Å²) in [6.45, 7) is 7.37. The van der Waals surface area contributed by atoms with Gasteiger partial charge < -0.3 is 24.6 Å². The number of esters is 1. The number of ether oxygens (including phenoxy) is 3. The molecule has 2 fully saturated rings. The van der Waals surface area contributed by atoms with Crippen molar-refractivity contribution in [1.29, 1.82) is 0 Å². The minimum absolute atomic E-state index is 0.0328. The predicted octanol–water partition coefficient (Wildman–Crippen LogP) is 5.88. The number of aliphatic hydroxyl groups is 1. The van der Waals surface area contributed by atoms with Gasteiger partial charge in [-0.15, -0.1) is 0 Å². The second-order valence-corrected chi connectivity index (χ2v) is 14.4. The summed E-state index contributed by atoms with van der Waals surface area (Å²) in [5.41, 5.74) is 6.65. The fourth-order valence-electron chi connectivity index (χ4n) is 6.62. The summed E-state index contributed by atoms with van der Waals surface area (Å²) in [6.07, 6.45) is 2.70. The molecule has 3 aromatic rings. The Balaban J connectivity index is 1.29. The van der Waals surface area contributed by atoms with E-state index >= 15 is 0 Å². The zero-order valence-corrected chi connectivity index (χ0v) is 29.8. The maximum absolute atomic E-state index is 13.1. The van der Waals surface area contributed by atoms with Gasteiger partial charge >= 0.3 is 5.97 Å². The number of nitrogens with one attached hydrogen (secondary N) is 2. The molecule has 2 heterocycles. The van der Waals surface area contributed by atoms with Gasteiger partial charge in [0.05, 0.1) is 18.8 Å².